The molecule has 2 fully saturated rings. The first-order valence-corrected chi connectivity index (χ1v) is 10.2. The van der Waals surface area contributed by atoms with Crippen molar-refractivity contribution in [3.63, 3.8) is 0 Å². The van der Waals surface area contributed by atoms with Gasteiger partial charge in [0.25, 0.3) is 0 Å². The summed E-state index contributed by atoms with van der Waals surface area (Å²) in [5.74, 6) is 0.939. The minimum absolute atomic E-state index is 0.332. The Morgan fingerprint density at radius 3 is 2.35 bits per heavy atom. The SMILES string of the molecule is C=C(C1CCCCC1)C1CCN(S(=O)(=O)c2ccc(C)cc2)C1. The number of nitrogens with zero attached hydrogens (tertiary/aromatic N) is 1. The molecule has 0 amide bonds. The maximum absolute atomic E-state index is 12.8. The van der Waals surface area contributed by atoms with Crippen molar-refractivity contribution >= 4 is 10.0 Å². The van der Waals surface area contributed by atoms with Gasteiger partial charge < -0.3 is 0 Å². The van der Waals surface area contributed by atoms with Gasteiger partial charge >= 0.3 is 0 Å². The number of hydrogen-bond donors (Lipinski definition) is 0. The van der Waals surface area contributed by atoms with E-state index >= 15 is 0 Å². The van der Waals surface area contributed by atoms with Gasteiger partial charge in [-0.1, -0.05) is 49.1 Å². The number of aryl methyl sites for hydroxylation is 1. The van der Waals surface area contributed by atoms with Crippen LogP contribution in [0.15, 0.2) is 41.3 Å². The maximum Gasteiger partial charge on any atom is 0.243 e. The van der Waals surface area contributed by atoms with Crippen molar-refractivity contribution in [2.75, 3.05) is 13.1 Å². The predicted molar refractivity (Wildman–Crippen MR) is 93.8 cm³/mol. The van der Waals surface area contributed by atoms with Crippen LogP contribution in [-0.2, 0) is 10.0 Å². The highest BCUT2D eigenvalue weighted by Gasteiger charge is 2.35. The molecule has 3 rings (SSSR count). The highest BCUT2D eigenvalue weighted by atomic mass is 32.2. The maximum atomic E-state index is 12.8. The summed E-state index contributed by atoms with van der Waals surface area (Å²) >= 11 is 0. The van der Waals surface area contributed by atoms with Gasteiger partial charge in [-0.2, -0.15) is 4.31 Å². The van der Waals surface area contributed by atoms with Gasteiger partial charge in [-0.3, -0.25) is 0 Å². The van der Waals surface area contributed by atoms with Crippen molar-refractivity contribution in [3.8, 4) is 0 Å². The van der Waals surface area contributed by atoms with Gasteiger partial charge in [-0.25, -0.2) is 8.42 Å². The summed E-state index contributed by atoms with van der Waals surface area (Å²) in [5.41, 5.74) is 2.38. The first-order chi connectivity index (χ1) is 11.0. The van der Waals surface area contributed by atoms with Crippen molar-refractivity contribution < 1.29 is 8.42 Å². The van der Waals surface area contributed by atoms with E-state index in [2.05, 4.69) is 6.58 Å². The molecule has 0 bridgehead atoms. The quantitative estimate of drug-likeness (QED) is 0.777. The lowest BCUT2D eigenvalue weighted by Gasteiger charge is -2.27. The van der Waals surface area contributed by atoms with E-state index in [1.807, 2.05) is 19.1 Å². The molecular weight excluding hydrogens is 306 g/mol. The Balaban J connectivity index is 1.69. The molecule has 1 atom stereocenters. The largest absolute Gasteiger partial charge is 0.243 e. The molecule has 1 saturated carbocycles. The molecule has 0 spiro atoms. The van der Waals surface area contributed by atoms with Crippen LogP contribution in [0.4, 0.5) is 0 Å². The van der Waals surface area contributed by atoms with Crippen LogP contribution in [0.1, 0.15) is 44.1 Å². The van der Waals surface area contributed by atoms with E-state index in [4.69, 9.17) is 0 Å². The zero-order valence-corrected chi connectivity index (χ0v) is 14.8. The van der Waals surface area contributed by atoms with E-state index in [0.717, 1.165) is 12.0 Å². The third kappa shape index (κ3) is 3.53. The molecule has 1 aromatic rings. The molecule has 0 aromatic heterocycles. The first-order valence-electron chi connectivity index (χ1n) is 8.74. The van der Waals surface area contributed by atoms with Crippen molar-refractivity contribution in [2.45, 2.75) is 50.3 Å². The van der Waals surface area contributed by atoms with E-state index in [1.54, 1.807) is 16.4 Å². The third-order valence-electron chi connectivity index (χ3n) is 5.46. The Bertz CT molecular complexity index is 657. The topological polar surface area (TPSA) is 37.4 Å². The van der Waals surface area contributed by atoms with Crippen molar-refractivity contribution in [1.82, 2.24) is 4.31 Å². The molecule has 1 heterocycles. The van der Waals surface area contributed by atoms with Gasteiger partial charge in [-0.05, 0) is 50.2 Å². The van der Waals surface area contributed by atoms with Crippen LogP contribution in [0.3, 0.4) is 0 Å². The van der Waals surface area contributed by atoms with Gasteiger partial charge in [0, 0.05) is 13.1 Å². The number of rotatable bonds is 4. The Hall–Kier alpha value is -1.13. The normalized spacial score (nSPS) is 24.0. The predicted octanol–water partition coefficient (Wildman–Crippen LogP) is 4.14. The summed E-state index contributed by atoms with van der Waals surface area (Å²) in [7, 11) is -3.36. The average Bonchev–Trinajstić information content (AvgIpc) is 3.06. The summed E-state index contributed by atoms with van der Waals surface area (Å²) in [6.45, 7) is 7.53. The van der Waals surface area contributed by atoms with Crippen LogP contribution in [-0.4, -0.2) is 25.8 Å². The molecule has 4 heteroatoms. The van der Waals surface area contributed by atoms with Crippen molar-refractivity contribution in [1.29, 1.82) is 0 Å². The monoisotopic (exact) mass is 333 g/mol. The van der Waals surface area contributed by atoms with Gasteiger partial charge in [0.05, 0.1) is 4.90 Å². The summed E-state index contributed by atoms with van der Waals surface area (Å²) in [5, 5.41) is 0. The van der Waals surface area contributed by atoms with Crippen LogP contribution in [0, 0.1) is 18.8 Å². The summed E-state index contributed by atoms with van der Waals surface area (Å²) in [6.07, 6.45) is 7.31. The van der Waals surface area contributed by atoms with E-state index < -0.39 is 10.0 Å². The Morgan fingerprint density at radius 2 is 1.70 bits per heavy atom. The highest BCUT2D eigenvalue weighted by molar-refractivity contribution is 7.89. The molecule has 1 aliphatic heterocycles. The fraction of sp³-hybridized carbons (Fsp3) is 0.579. The molecule has 1 unspecified atom stereocenters. The molecule has 126 valence electrons. The van der Waals surface area contributed by atoms with Crippen molar-refractivity contribution in [2.24, 2.45) is 11.8 Å². The van der Waals surface area contributed by atoms with Gasteiger partial charge in [0.2, 0.25) is 10.0 Å². The molecule has 0 radical (unpaired) electrons. The van der Waals surface area contributed by atoms with Crippen LogP contribution in [0.25, 0.3) is 0 Å². The minimum atomic E-state index is -3.36. The van der Waals surface area contributed by atoms with Crippen LogP contribution < -0.4 is 0 Å². The number of benzene rings is 1. The Labute approximate surface area is 140 Å². The van der Waals surface area contributed by atoms with E-state index in [0.29, 0.717) is 29.8 Å². The molecular formula is C19H27NO2S. The van der Waals surface area contributed by atoms with Crippen molar-refractivity contribution in [3.05, 3.63) is 42.0 Å². The second-order valence-electron chi connectivity index (χ2n) is 7.07. The lowest BCUT2D eigenvalue weighted by molar-refractivity contribution is 0.372. The second kappa shape index (κ2) is 6.78. The molecule has 1 aromatic carbocycles. The molecule has 0 N–H and O–H groups in total. The zero-order chi connectivity index (χ0) is 16.4. The van der Waals surface area contributed by atoms with Crippen LogP contribution in [0.2, 0.25) is 0 Å². The third-order valence-corrected chi connectivity index (χ3v) is 7.34. The summed E-state index contributed by atoms with van der Waals surface area (Å²) in [4.78, 5) is 0.409. The molecule has 1 aliphatic carbocycles. The van der Waals surface area contributed by atoms with Gasteiger partial charge in [0.15, 0.2) is 0 Å². The average molecular weight is 333 g/mol. The lowest BCUT2D eigenvalue weighted by atomic mass is 9.79. The second-order valence-corrected chi connectivity index (χ2v) is 9.01. The standard InChI is InChI=1S/C19H27NO2S/c1-15-8-10-19(11-9-15)23(21,22)20-13-12-18(14-20)16(2)17-6-4-3-5-7-17/h8-11,17-18H,2-7,12-14H2,1H3. The summed E-state index contributed by atoms with van der Waals surface area (Å²) in [6, 6.07) is 7.16. The smallest absolute Gasteiger partial charge is 0.207 e. The molecule has 1 saturated heterocycles. The fourth-order valence-corrected chi connectivity index (χ4v) is 5.42. The Kier molecular flexibility index (Phi) is 4.93. The van der Waals surface area contributed by atoms with Gasteiger partial charge in [0.1, 0.15) is 0 Å². The lowest BCUT2D eigenvalue weighted by Crippen LogP contribution is -2.29. The highest BCUT2D eigenvalue weighted by Crippen LogP contribution is 2.37. The summed E-state index contributed by atoms with van der Waals surface area (Å²) < 4.78 is 27.2. The Morgan fingerprint density at radius 1 is 1.04 bits per heavy atom. The van der Waals surface area contributed by atoms with E-state index in [1.165, 1.54) is 37.7 Å². The van der Waals surface area contributed by atoms with Crippen LogP contribution in [0.5, 0.6) is 0 Å². The molecule has 3 nitrogen and oxygen atoms in total. The minimum Gasteiger partial charge on any atom is -0.207 e. The molecule has 2 aliphatic rings. The first kappa shape index (κ1) is 16.7. The number of sulfonamides is 1. The van der Waals surface area contributed by atoms with Crippen LogP contribution >= 0.6 is 0 Å². The molecule has 23 heavy (non-hydrogen) atoms. The number of hydrogen-bond acceptors (Lipinski definition) is 2. The van der Waals surface area contributed by atoms with E-state index in [-0.39, 0.29) is 0 Å². The van der Waals surface area contributed by atoms with Gasteiger partial charge in [-0.15, -0.1) is 0 Å². The van der Waals surface area contributed by atoms with E-state index in [9.17, 15) is 8.42 Å². The fourth-order valence-electron chi connectivity index (χ4n) is 3.92. The zero-order valence-electron chi connectivity index (χ0n) is 14.0.